The fourth-order valence-corrected chi connectivity index (χ4v) is 4.43. The molecule has 2 aromatic rings. The molecule has 0 bridgehead atoms. The van der Waals surface area contributed by atoms with E-state index in [4.69, 9.17) is 4.74 Å². The van der Waals surface area contributed by atoms with Gasteiger partial charge in [0.2, 0.25) is 5.91 Å². The highest BCUT2D eigenvalue weighted by molar-refractivity contribution is 5.91. The number of benzene rings is 1. The number of rotatable bonds is 11. The van der Waals surface area contributed by atoms with Crippen molar-refractivity contribution >= 4 is 11.8 Å². The van der Waals surface area contributed by atoms with Crippen molar-refractivity contribution in [1.82, 2.24) is 20.5 Å². The Kier molecular flexibility index (Phi) is 8.58. The zero-order chi connectivity index (χ0) is 26.5. The number of carbonyl (C=O) groups is 2. The Labute approximate surface area is 215 Å². The Balaban J connectivity index is 1.34. The molecule has 2 heterocycles. The molecule has 3 atom stereocenters. The SMILES string of the molecule is C[C@@H](C(=O)NCc1cccc(C(=O)N(C)C)n1)[C@H]1CC(c2ccc(OC(F)F)c(OCC3CC3)c2)CN1. The maximum atomic E-state index is 12.9. The van der Waals surface area contributed by atoms with Gasteiger partial charge in [0.15, 0.2) is 11.5 Å². The van der Waals surface area contributed by atoms with Crippen molar-refractivity contribution in [3.8, 4) is 11.5 Å². The number of nitrogens with one attached hydrogen (secondary N) is 2. The molecule has 8 nitrogen and oxygen atoms in total. The van der Waals surface area contributed by atoms with Gasteiger partial charge < -0.3 is 25.0 Å². The quantitative estimate of drug-likeness (QED) is 0.475. The van der Waals surface area contributed by atoms with Gasteiger partial charge in [-0.15, -0.1) is 0 Å². The number of alkyl halides is 2. The standard InChI is InChI=1S/C27H34F2N4O4/c1-16(25(34)31-14-20-5-4-6-21(32-20)26(35)33(2)3)22-11-19(13-30-22)18-9-10-23(37-27(28)29)24(12-18)36-15-17-7-8-17/h4-6,9-10,12,16-17,19,22,27,30H,7-8,11,13-15H2,1-3H3,(H,31,34)/t16-,19?,22-/m1/s1. The second-order valence-electron chi connectivity index (χ2n) is 10.0. The number of ether oxygens (including phenoxy) is 2. The van der Waals surface area contributed by atoms with Crippen LogP contribution >= 0.6 is 0 Å². The molecule has 37 heavy (non-hydrogen) atoms. The number of hydrogen-bond acceptors (Lipinski definition) is 6. The molecular formula is C27H34F2N4O4. The van der Waals surface area contributed by atoms with Crippen molar-refractivity contribution in [2.24, 2.45) is 11.8 Å². The third kappa shape index (κ3) is 7.15. The number of aromatic nitrogens is 1. The Bertz CT molecular complexity index is 1110. The first-order chi connectivity index (χ1) is 17.7. The summed E-state index contributed by atoms with van der Waals surface area (Å²) in [7, 11) is 3.32. The fourth-order valence-electron chi connectivity index (χ4n) is 4.43. The molecule has 1 unspecified atom stereocenters. The smallest absolute Gasteiger partial charge is 0.387 e. The molecule has 1 aliphatic carbocycles. The van der Waals surface area contributed by atoms with Crippen LogP contribution in [0.3, 0.4) is 0 Å². The lowest BCUT2D eigenvalue weighted by atomic mass is 9.91. The number of nitrogens with zero attached hydrogens (tertiary/aromatic N) is 2. The molecule has 1 aliphatic heterocycles. The van der Waals surface area contributed by atoms with Crippen molar-refractivity contribution in [2.45, 2.75) is 51.3 Å². The van der Waals surface area contributed by atoms with E-state index in [9.17, 15) is 18.4 Å². The average Bonchev–Trinajstić information content (AvgIpc) is 3.58. The molecule has 1 aromatic heterocycles. The number of hydrogen-bond donors (Lipinski definition) is 2. The number of pyridine rings is 1. The van der Waals surface area contributed by atoms with E-state index in [0.717, 1.165) is 24.8 Å². The molecule has 4 rings (SSSR count). The molecule has 200 valence electrons. The minimum atomic E-state index is -2.92. The number of carbonyl (C=O) groups excluding carboxylic acids is 2. The molecule has 2 fully saturated rings. The molecule has 10 heteroatoms. The van der Waals surface area contributed by atoms with Crippen molar-refractivity contribution in [3.05, 3.63) is 53.3 Å². The van der Waals surface area contributed by atoms with Gasteiger partial charge in [-0.1, -0.05) is 19.1 Å². The number of halogens is 2. The van der Waals surface area contributed by atoms with E-state index in [2.05, 4.69) is 20.4 Å². The van der Waals surface area contributed by atoms with E-state index in [1.165, 1.54) is 11.0 Å². The second kappa shape index (κ2) is 11.9. The van der Waals surface area contributed by atoms with Gasteiger partial charge in [-0.25, -0.2) is 4.98 Å². The van der Waals surface area contributed by atoms with E-state index in [0.29, 0.717) is 36.2 Å². The minimum Gasteiger partial charge on any atom is -0.489 e. The molecule has 0 spiro atoms. The zero-order valence-electron chi connectivity index (χ0n) is 21.4. The summed E-state index contributed by atoms with van der Waals surface area (Å²) in [6.07, 6.45) is 2.90. The first kappa shape index (κ1) is 26.8. The third-order valence-corrected chi connectivity index (χ3v) is 6.88. The van der Waals surface area contributed by atoms with Gasteiger partial charge in [0, 0.05) is 26.7 Å². The van der Waals surface area contributed by atoms with Crippen LogP contribution in [0.15, 0.2) is 36.4 Å². The summed E-state index contributed by atoms with van der Waals surface area (Å²) in [6.45, 7) is 0.333. The summed E-state index contributed by atoms with van der Waals surface area (Å²) in [5.74, 6) is 0.353. The summed E-state index contributed by atoms with van der Waals surface area (Å²) < 4.78 is 36.1. The van der Waals surface area contributed by atoms with Crippen molar-refractivity contribution in [2.75, 3.05) is 27.2 Å². The fraction of sp³-hybridized carbons (Fsp3) is 0.519. The highest BCUT2D eigenvalue weighted by Gasteiger charge is 2.33. The van der Waals surface area contributed by atoms with Crippen LogP contribution in [0.1, 0.15) is 53.8 Å². The molecule has 1 aromatic carbocycles. The Morgan fingerprint density at radius 3 is 2.68 bits per heavy atom. The maximum Gasteiger partial charge on any atom is 0.387 e. The van der Waals surface area contributed by atoms with E-state index < -0.39 is 6.61 Å². The monoisotopic (exact) mass is 516 g/mol. The van der Waals surface area contributed by atoms with E-state index in [1.54, 1.807) is 44.4 Å². The van der Waals surface area contributed by atoms with Crippen LogP contribution in [-0.4, -0.2) is 61.6 Å². The van der Waals surface area contributed by atoms with Gasteiger partial charge >= 0.3 is 6.61 Å². The van der Waals surface area contributed by atoms with Gasteiger partial charge in [0.1, 0.15) is 5.69 Å². The molecule has 2 amide bonds. The molecule has 2 N–H and O–H groups in total. The predicted octanol–water partition coefficient (Wildman–Crippen LogP) is 3.57. The highest BCUT2D eigenvalue weighted by Crippen LogP contribution is 2.37. The number of amides is 2. The lowest BCUT2D eigenvalue weighted by Gasteiger charge is -2.20. The lowest BCUT2D eigenvalue weighted by molar-refractivity contribution is -0.125. The highest BCUT2D eigenvalue weighted by atomic mass is 19.3. The summed E-state index contributed by atoms with van der Waals surface area (Å²) >= 11 is 0. The molecule has 2 aliphatic rings. The summed E-state index contributed by atoms with van der Waals surface area (Å²) in [5, 5.41) is 6.35. The van der Waals surface area contributed by atoms with Crippen molar-refractivity contribution in [3.63, 3.8) is 0 Å². The normalized spacial score (nSPS) is 19.9. The average molecular weight is 517 g/mol. The van der Waals surface area contributed by atoms with Crippen LogP contribution in [0.4, 0.5) is 8.78 Å². The van der Waals surface area contributed by atoms with E-state index >= 15 is 0 Å². The Hall–Kier alpha value is -3.27. The molecule has 1 saturated carbocycles. The van der Waals surface area contributed by atoms with Gasteiger partial charge in [-0.2, -0.15) is 8.78 Å². The van der Waals surface area contributed by atoms with Crippen LogP contribution < -0.4 is 20.1 Å². The summed E-state index contributed by atoms with van der Waals surface area (Å²) in [6, 6.07) is 10.2. The van der Waals surface area contributed by atoms with Gasteiger partial charge in [-0.3, -0.25) is 9.59 Å². The van der Waals surface area contributed by atoms with Crippen molar-refractivity contribution in [1.29, 1.82) is 0 Å². The van der Waals surface area contributed by atoms with E-state index in [1.807, 2.05) is 6.92 Å². The first-order valence-electron chi connectivity index (χ1n) is 12.6. The van der Waals surface area contributed by atoms with Gasteiger partial charge in [0.05, 0.1) is 24.8 Å². The van der Waals surface area contributed by atoms with Crippen LogP contribution in [-0.2, 0) is 11.3 Å². The van der Waals surface area contributed by atoms with Crippen LogP contribution in [0.5, 0.6) is 11.5 Å². The lowest BCUT2D eigenvalue weighted by Crippen LogP contribution is -2.40. The first-order valence-corrected chi connectivity index (χ1v) is 12.6. The Morgan fingerprint density at radius 2 is 1.97 bits per heavy atom. The molecular weight excluding hydrogens is 482 g/mol. The van der Waals surface area contributed by atoms with E-state index in [-0.39, 0.29) is 42.0 Å². The summed E-state index contributed by atoms with van der Waals surface area (Å²) in [4.78, 5) is 30.8. The minimum absolute atomic E-state index is 0.0413. The molecule has 1 saturated heterocycles. The van der Waals surface area contributed by atoms with Crippen LogP contribution in [0.2, 0.25) is 0 Å². The predicted molar refractivity (Wildman–Crippen MR) is 134 cm³/mol. The van der Waals surface area contributed by atoms with Crippen LogP contribution in [0, 0.1) is 11.8 Å². The topological polar surface area (TPSA) is 92.8 Å². The second-order valence-corrected chi connectivity index (χ2v) is 10.0. The third-order valence-electron chi connectivity index (χ3n) is 6.88. The maximum absolute atomic E-state index is 12.9. The van der Waals surface area contributed by atoms with Crippen LogP contribution in [0.25, 0.3) is 0 Å². The Morgan fingerprint density at radius 1 is 1.19 bits per heavy atom. The van der Waals surface area contributed by atoms with Gasteiger partial charge in [-0.05, 0) is 60.9 Å². The zero-order valence-corrected chi connectivity index (χ0v) is 21.4. The molecule has 0 radical (unpaired) electrons. The summed E-state index contributed by atoms with van der Waals surface area (Å²) in [5.41, 5.74) is 1.90. The van der Waals surface area contributed by atoms with Gasteiger partial charge in [0.25, 0.3) is 5.91 Å². The largest absolute Gasteiger partial charge is 0.489 e. The van der Waals surface area contributed by atoms with Crippen molar-refractivity contribution < 1.29 is 27.8 Å².